The Balaban J connectivity index is 1.72. The Bertz CT molecular complexity index is 717. The van der Waals surface area contributed by atoms with Crippen LogP contribution < -0.4 is 19.5 Å². The minimum absolute atomic E-state index is 0.0261. The van der Waals surface area contributed by atoms with Gasteiger partial charge in [0.2, 0.25) is 0 Å². The molecule has 0 radical (unpaired) electrons. The van der Waals surface area contributed by atoms with Crippen LogP contribution in [0.4, 0.5) is 0 Å². The summed E-state index contributed by atoms with van der Waals surface area (Å²) in [5, 5.41) is 2.86. The second-order valence-corrected chi connectivity index (χ2v) is 7.52. The van der Waals surface area contributed by atoms with Gasteiger partial charge in [-0.3, -0.25) is 4.79 Å². The van der Waals surface area contributed by atoms with E-state index in [1.165, 1.54) is 5.56 Å². The van der Waals surface area contributed by atoms with Crippen molar-refractivity contribution in [3.05, 3.63) is 54.1 Å². The Morgan fingerprint density at radius 3 is 2.00 bits per heavy atom. The minimum Gasteiger partial charge on any atom is -0.497 e. The van der Waals surface area contributed by atoms with E-state index >= 15 is 0 Å². The number of hydrogen-bond acceptors (Lipinski definition) is 4. The first-order valence-corrected chi connectivity index (χ1v) is 9.07. The van der Waals surface area contributed by atoms with Crippen LogP contribution in [0.1, 0.15) is 33.3 Å². The van der Waals surface area contributed by atoms with Gasteiger partial charge in [-0.2, -0.15) is 0 Å². The maximum atomic E-state index is 12.0. The van der Waals surface area contributed by atoms with Crippen LogP contribution >= 0.6 is 0 Å². The summed E-state index contributed by atoms with van der Waals surface area (Å²) >= 11 is 0. The summed E-state index contributed by atoms with van der Waals surface area (Å²) < 4.78 is 16.3. The Kier molecular flexibility index (Phi) is 7.11. The van der Waals surface area contributed by atoms with Gasteiger partial charge in [0.25, 0.3) is 5.91 Å². The third-order valence-electron chi connectivity index (χ3n) is 4.06. The fourth-order valence-electron chi connectivity index (χ4n) is 2.45. The molecule has 0 aliphatic carbocycles. The molecule has 27 heavy (non-hydrogen) atoms. The van der Waals surface area contributed by atoms with Crippen molar-refractivity contribution in [3.63, 3.8) is 0 Å². The summed E-state index contributed by atoms with van der Waals surface area (Å²) in [6.07, 6.45) is 0. The molecule has 5 nitrogen and oxygen atoms in total. The van der Waals surface area contributed by atoms with E-state index < -0.39 is 0 Å². The maximum absolute atomic E-state index is 12.0. The first-order valence-electron chi connectivity index (χ1n) is 9.07. The van der Waals surface area contributed by atoms with Crippen molar-refractivity contribution in [1.82, 2.24) is 5.32 Å². The molecule has 0 aliphatic rings. The van der Waals surface area contributed by atoms with Crippen molar-refractivity contribution >= 4 is 5.91 Å². The fourth-order valence-corrected chi connectivity index (χ4v) is 2.45. The van der Waals surface area contributed by atoms with E-state index in [1.54, 1.807) is 7.11 Å². The van der Waals surface area contributed by atoms with E-state index in [2.05, 4.69) is 26.1 Å². The average molecular weight is 371 g/mol. The molecule has 0 saturated carbocycles. The van der Waals surface area contributed by atoms with Crippen molar-refractivity contribution in [2.75, 3.05) is 20.3 Å². The van der Waals surface area contributed by atoms with Gasteiger partial charge in [0.15, 0.2) is 6.61 Å². The van der Waals surface area contributed by atoms with Crippen LogP contribution in [0.5, 0.6) is 17.2 Å². The van der Waals surface area contributed by atoms with Crippen LogP contribution in [0.3, 0.4) is 0 Å². The Hall–Kier alpha value is -2.69. The third-order valence-corrected chi connectivity index (χ3v) is 4.06. The summed E-state index contributed by atoms with van der Waals surface area (Å²) in [5.41, 5.74) is 1.32. The van der Waals surface area contributed by atoms with Gasteiger partial charge in [-0.25, -0.2) is 0 Å². The predicted octanol–water partition coefficient (Wildman–Crippen LogP) is 3.96. The van der Waals surface area contributed by atoms with Crippen LogP contribution in [-0.4, -0.2) is 32.3 Å². The summed E-state index contributed by atoms with van der Waals surface area (Å²) in [5.74, 6) is 2.00. The van der Waals surface area contributed by atoms with Crippen molar-refractivity contribution in [1.29, 1.82) is 0 Å². The number of rotatable bonds is 8. The number of methoxy groups -OCH3 is 1. The molecule has 0 fully saturated rings. The molecule has 146 valence electrons. The van der Waals surface area contributed by atoms with Crippen LogP contribution in [0.2, 0.25) is 0 Å². The van der Waals surface area contributed by atoms with E-state index in [4.69, 9.17) is 14.2 Å². The quantitative estimate of drug-likeness (QED) is 0.763. The van der Waals surface area contributed by atoms with E-state index in [0.717, 1.165) is 11.5 Å². The summed E-state index contributed by atoms with van der Waals surface area (Å²) in [7, 11) is 1.62. The molecular weight excluding hydrogens is 342 g/mol. The van der Waals surface area contributed by atoms with Gasteiger partial charge in [-0.15, -0.1) is 0 Å². The first kappa shape index (κ1) is 20.6. The number of ether oxygens (including phenoxy) is 3. The van der Waals surface area contributed by atoms with E-state index in [-0.39, 0.29) is 24.0 Å². The van der Waals surface area contributed by atoms with Crippen molar-refractivity contribution in [2.24, 2.45) is 0 Å². The third kappa shape index (κ3) is 6.85. The Labute approximate surface area is 161 Å². The topological polar surface area (TPSA) is 56.8 Å². The van der Waals surface area contributed by atoms with Crippen LogP contribution in [0.15, 0.2) is 48.5 Å². The lowest BCUT2D eigenvalue weighted by molar-refractivity contribution is -0.123. The van der Waals surface area contributed by atoms with E-state index in [0.29, 0.717) is 12.4 Å². The lowest BCUT2D eigenvalue weighted by Gasteiger charge is -2.19. The first-order chi connectivity index (χ1) is 12.8. The van der Waals surface area contributed by atoms with Gasteiger partial charge in [0.05, 0.1) is 13.2 Å². The molecule has 0 heterocycles. The summed E-state index contributed by atoms with van der Waals surface area (Å²) in [6, 6.07) is 15.0. The van der Waals surface area contributed by atoms with Crippen LogP contribution in [-0.2, 0) is 10.2 Å². The largest absolute Gasteiger partial charge is 0.497 e. The van der Waals surface area contributed by atoms with E-state index in [9.17, 15) is 4.79 Å². The SMILES string of the molecule is COc1ccc(OC[C@@H](C)NC(=O)COc2ccc(C(C)(C)C)cc2)cc1. The predicted molar refractivity (Wildman–Crippen MR) is 107 cm³/mol. The number of hydrogen-bond donors (Lipinski definition) is 1. The normalized spacial score (nSPS) is 12.2. The molecule has 5 heteroatoms. The highest BCUT2D eigenvalue weighted by molar-refractivity contribution is 5.77. The Morgan fingerprint density at radius 1 is 0.926 bits per heavy atom. The smallest absolute Gasteiger partial charge is 0.258 e. The standard InChI is InChI=1S/C22H29NO4/c1-16(14-26-20-12-10-18(25-5)11-13-20)23-21(24)15-27-19-8-6-17(7-9-19)22(2,3)4/h6-13,16H,14-15H2,1-5H3,(H,23,24)/t16-/m1/s1. The molecule has 0 aromatic heterocycles. The zero-order chi connectivity index (χ0) is 19.9. The minimum atomic E-state index is -0.180. The molecule has 1 amide bonds. The highest BCUT2D eigenvalue weighted by Crippen LogP contribution is 2.24. The molecule has 1 N–H and O–H groups in total. The molecule has 0 bridgehead atoms. The molecule has 1 atom stereocenters. The van der Waals surface area contributed by atoms with Gasteiger partial charge in [0, 0.05) is 0 Å². The van der Waals surface area contributed by atoms with Gasteiger partial charge in [-0.05, 0) is 54.3 Å². The molecule has 0 spiro atoms. The van der Waals surface area contributed by atoms with Gasteiger partial charge in [-0.1, -0.05) is 32.9 Å². The maximum Gasteiger partial charge on any atom is 0.258 e. The van der Waals surface area contributed by atoms with Gasteiger partial charge >= 0.3 is 0 Å². The van der Waals surface area contributed by atoms with E-state index in [1.807, 2.05) is 55.5 Å². The van der Waals surface area contributed by atoms with Crippen LogP contribution in [0.25, 0.3) is 0 Å². The van der Waals surface area contributed by atoms with Gasteiger partial charge < -0.3 is 19.5 Å². The lowest BCUT2D eigenvalue weighted by Crippen LogP contribution is -2.39. The molecule has 2 aromatic rings. The summed E-state index contributed by atoms with van der Waals surface area (Å²) in [6.45, 7) is 8.71. The molecule has 0 saturated heterocycles. The molecular formula is C22H29NO4. The zero-order valence-electron chi connectivity index (χ0n) is 16.7. The number of carbonyl (C=O) groups is 1. The summed E-state index contributed by atoms with van der Waals surface area (Å²) in [4.78, 5) is 12.0. The lowest BCUT2D eigenvalue weighted by atomic mass is 9.87. The highest BCUT2D eigenvalue weighted by Gasteiger charge is 2.13. The second-order valence-electron chi connectivity index (χ2n) is 7.52. The molecule has 2 aromatic carbocycles. The second kappa shape index (κ2) is 9.31. The van der Waals surface area contributed by atoms with Crippen LogP contribution in [0, 0.1) is 0 Å². The van der Waals surface area contributed by atoms with Crippen molar-refractivity contribution in [2.45, 2.75) is 39.2 Å². The number of benzene rings is 2. The highest BCUT2D eigenvalue weighted by atomic mass is 16.5. The molecule has 0 aliphatic heterocycles. The number of nitrogens with one attached hydrogen (secondary N) is 1. The number of carbonyl (C=O) groups excluding carboxylic acids is 1. The Morgan fingerprint density at radius 2 is 1.44 bits per heavy atom. The molecule has 0 unspecified atom stereocenters. The zero-order valence-corrected chi connectivity index (χ0v) is 16.7. The van der Waals surface area contributed by atoms with Crippen molar-refractivity contribution < 1.29 is 19.0 Å². The molecule has 2 rings (SSSR count). The fraction of sp³-hybridized carbons (Fsp3) is 0.409. The average Bonchev–Trinajstić information content (AvgIpc) is 2.65. The van der Waals surface area contributed by atoms with Crippen molar-refractivity contribution in [3.8, 4) is 17.2 Å². The van der Waals surface area contributed by atoms with Gasteiger partial charge in [0.1, 0.15) is 23.9 Å². The monoisotopic (exact) mass is 371 g/mol. The number of amides is 1.